The molecule has 1 atom stereocenters. The average molecular weight is 219 g/mol. The van der Waals surface area contributed by atoms with Crippen molar-refractivity contribution < 1.29 is 4.84 Å². The van der Waals surface area contributed by atoms with Gasteiger partial charge in [-0.2, -0.15) is 0 Å². The second-order valence-electron chi connectivity index (χ2n) is 4.96. The molecule has 1 aromatic rings. The SMILES string of the molecule is CC(CON)C1(c2ccccc2)CCCC1. The summed E-state index contributed by atoms with van der Waals surface area (Å²) in [5, 5.41) is 0. The summed E-state index contributed by atoms with van der Waals surface area (Å²) in [5.74, 6) is 5.72. The fraction of sp³-hybridized carbons (Fsp3) is 0.571. The van der Waals surface area contributed by atoms with Crippen LogP contribution in [0.5, 0.6) is 0 Å². The minimum Gasteiger partial charge on any atom is -0.304 e. The maximum Gasteiger partial charge on any atom is 0.0713 e. The largest absolute Gasteiger partial charge is 0.304 e. The zero-order chi connectivity index (χ0) is 11.4. The molecule has 88 valence electrons. The Labute approximate surface area is 97.8 Å². The summed E-state index contributed by atoms with van der Waals surface area (Å²) < 4.78 is 0. The number of hydrogen-bond acceptors (Lipinski definition) is 2. The van der Waals surface area contributed by atoms with Gasteiger partial charge in [-0.15, -0.1) is 0 Å². The summed E-state index contributed by atoms with van der Waals surface area (Å²) in [7, 11) is 0. The van der Waals surface area contributed by atoms with Crippen LogP contribution >= 0.6 is 0 Å². The van der Waals surface area contributed by atoms with E-state index >= 15 is 0 Å². The van der Waals surface area contributed by atoms with Crippen LogP contribution in [-0.2, 0) is 10.3 Å². The fourth-order valence-electron chi connectivity index (χ4n) is 3.15. The lowest BCUT2D eigenvalue weighted by molar-refractivity contribution is 0.0738. The van der Waals surface area contributed by atoms with Gasteiger partial charge in [0, 0.05) is 5.41 Å². The number of rotatable bonds is 4. The monoisotopic (exact) mass is 219 g/mol. The predicted octanol–water partition coefficient (Wildman–Crippen LogP) is 3.02. The zero-order valence-electron chi connectivity index (χ0n) is 9.99. The van der Waals surface area contributed by atoms with Gasteiger partial charge in [0.2, 0.25) is 0 Å². The molecule has 0 aliphatic heterocycles. The van der Waals surface area contributed by atoms with Gasteiger partial charge in [0.1, 0.15) is 0 Å². The highest BCUT2D eigenvalue weighted by Crippen LogP contribution is 2.46. The van der Waals surface area contributed by atoms with Crippen LogP contribution in [0.2, 0.25) is 0 Å². The highest BCUT2D eigenvalue weighted by Gasteiger charge is 2.40. The molecule has 0 bridgehead atoms. The van der Waals surface area contributed by atoms with Gasteiger partial charge in [-0.1, -0.05) is 50.1 Å². The van der Waals surface area contributed by atoms with E-state index in [0.29, 0.717) is 17.9 Å². The molecule has 2 heteroatoms. The molecule has 0 aromatic heterocycles. The van der Waals surface area contributed by atoms with Gasteiger partial charge in [0.25, 0.3) is 0 Å². The van der Waals surface area contributed by atoms with Gasteiger partial charge in [0.15, 0.2) is 0 Å². The molecule has 0 radical (unpaired) electrons. The summed E-state index contributed by atoms with van der Waals surface area (Å²) in [6, 6.07) is 10.8. The molecule has 1 aliphatic rings. The van der Waals surface area contributed by atoms with Gasteiger partial charge in [-0.05, 0) is 24.3 Å². The van der Waals surface area contributed by atoms with Crippen LogP contribution in [0.3, 0.4) is 0 Å². The quantitative estimate of drug-likeness (QED) is 0.790. The zero-order valence-corrected chi connectivity index (χ0v) is 9.99. The van der Waals surface area contributed by atoms with Gasteiger partial charge in [-0.3, -0.25) is 0 Å². The standard InChI is InChI=1S/C14H21NO/c1-12(11-16-15)14(9-5-6-10-14)13-7-3-2-4-8-13/h2-4,7-8,12H,5-6,9-11,15H2,1H3. The van der Waals surface area contributed by atoms with Crippen molar-refractivity contribution in [3.05, 3.63) is 35.9 Å². The Morgan fingerprint density at radius 2 is 1.88 bits per heavy atom. The van der Waals surface area contributed by atoms with E-state index in [1.165, 1.54) is 31.2 Å². The molecule has 1 fully saturated rings. The van der Waals surface area contributed by atoms with Crippen molar-refractivity contribution in [3.63, 3.8) is 0 Å². The molecule has 0 spiro atoms. The molecule has 0 heterocycles. The maximum absolute atomic E-state index is 5.23. The van der Waals surface area contributed by atoms with E-state index in [4.69, 9.17) is 10.7 Å². The molecular formula is C14H21NO. The Hall–Kier alpha value is -0.860. The third-order valence-electron chi connectivity index (χ3n) is 4.13. The summed E-state index contributed by atoms with van der Waals surface area (Å²) >= 11 is 0. The maximum atomic E-state index is 5.23. The van der Waals surface area contributed by atoms with E-state index in [9.17, 15) is 0 Å². The number of benzene rings is 1. The van der Waals surface area contributed by atoms with Crippen molar-refractivity contribution in [1.82, 2.24) is 0 Å². The van der Waals surface area contributed by atoms with E-state index in [-0.39, 0.29) is 0 Å². The minimum absolute atomic E-state index is 0.292. The van der Waals surface area contributed by atoms with Crippen molar-refractivity contribution in [1.29, 1.82) is 0 Å². The smallest absolute Gasteiger partial charge is 0.0713 e. The van der Waals surface area contributed by atoms with E-state index in [1.54, 1.807) is 0 Å². The van der Waals surface area contributed by atoms with Crippen LogP contribution in [-0.4, -0.2) is 6.61 Å². The van der Waals surface area contributed by atoms with Crippen molar-refractivity contribution in [3.8, 4) is 0 Å². The lowest BCUT2D eigenvalue weighted by Crippen LogP contribution is -2.34. The normalized spacial score (nSPS) is 20.9. The van der Waals surface area contributed by atoms with Crippen LogP contribution < -0.4 is 5.90 Å². The Morgan fingerprint density at radius 3 is 2.44 bits per heavy atom. The molecule has 2 rings (SSSR count). The molecule has 16 heavy (non-hydrogen) atoms. The third kappa shape index (κ3) is 2.00. The van der Waals surface area contributed by atoms with Gasteiger partial charge >= 0.3 is 0 Å². The van der Waals surface area contributed by atoms with E-state index in [1.807, 2.05) is 0 Å². The Kier molecular flexibility index (Phi) is 3.62. The van der Waals surface area contributed by atoms with Crippen molar-refractivity contribution >= 4 is 0 Å². The average Bonchev–Trinajstić information content (AvgIpc) is 2.81. The summed E-state index contributed by atoms with van der Waals surface area (Å²) in [5.41, 5.74) is 1.75. The molecule has 0 amide bonds. The Morgan fingerprint density at radius 1 is 1.25 bits per heavy atom. The Balaban J connectivity index is 2.28. The van der Waals surface area contributed by atoms with Crippen LogP contribution in [0.1, 0.15) is 38.2 Å². The van der Waals surface area contributed by atoms with Crippen molar-refractivity contribution in [2.75, 3.05) is 6.61 Å². The van der Waals surface area contributed by atoms with Crippen molar-refractivity contribution in [2.24, 2.45) is 11.8 Å². The van der Waals surface area contributed by atoms with E-state index in [2.05, 4.69) is 37.3 Å². The van der Waals surface area contributed by atoms with Gasteiger partial charge in [-0.25, -0.2) is 5.90 Å². The van der Waals surface area contributed by atoms with Gasteiger partial charge in [0.05, 0.1) is 6.61 Å². The molecule has 1 saturated carbocycles. The lowest BCUT2D eigenvalue weighted by atomic mass is 9.70. The third-order valence-corrected chi connectivity index (χ3v) is 4.13. The summed E-state index contributed by atoms with van der Waals surface area (Å²) in [6.45, 7) is 2.90. The Bertz CT molecular complexity index is 317. The molecule has 1 aromatic carbocycles. The number of hydrogen-bond donors (Lipinski definition) is 1. The van der Waals surface area contributed by atoms with Crippen LogP contribution in [0.15, 0.2) is 30.3 Å². The first-order chi connectivity index (χ1) is 7.79. The highest BCUT2D eigenvalue weighted by molar-refractivity contribution is 5.27. The van der Waals surface area contributed by atoms with Crippen LogP contribution in [0, 0.1) is 5.92 Å². The van der Waals surface area contributed by atoms with Gasteiger partial charge < -0.3 is 4.84 Å². The summed E-state index contributed by atoms with van der Waals surface area (Å²) in [6.07, 6.45) is 5.18. The molecule has 2 nitrogen and oxygen atoms in total. The molecule has 0 saturated heterocycles. The lowest BCUT2D eigenvalue weighted by Gasteiger charge is -2.35. The summed E-state index contributed by atoms with van der Waals surface area (Å²) in [4.78, 5) is 4.86. The first-order valence-electron chi connectivity index (χ1n) is 6.17. The minimum atomic E-state index is 0.292. The topological polar surface area (TPSA) is 35.2 Å². The van der Waals surface area contributed by atoms with Crippen LogP contribution in [0.4, 0.5) is 0 Å². The van der Waals surface area contributed by atoms with Crippen LogP contribution in [0.25, 0.3) is 0 Å². The molecule has 1 unspecified atom stereocenters. The second-order valence-corrected chi connectivity index (χ2v) is 4.96. The first-order valence-corrected chi connectivity index (χ1v) is 6.17. The highest BCUT2D eigenvalue weighted by atomic mass is 16.6. The molecular weight excluding hydrogens is 198 g/mol. The predicted molar refractivity (Wildman–Crippen MR) is 65.9 cm³/mol. The van der Waals surface area contributed by atoms with E-state index < -0.39 is 0 Å². The molecule has 2 N–H and O–H groups in total. The van der Waals surface area contributed by atoms with Crippen molar-refractivity contribution in [2.45, 2.75) is 38.0 Å². The fourth-order valence-corrected chi connectivity index (χ4v) is 3.15. The van der Waals surface area contributed by atoms with E-state index in [0.717, 1.165) is 0 Å². The second kappa shape index (κ2) is 4.98. The number of nitrogens with two attached hydrogens (primary N) is 1. The first kappa shape index (κ1) is 11.6. The molecule has 1 aliphatic carbocycles.